The lowest BCUT2D eigenvalue weighted by molar-refractivity contribution is 0.0827. The van der Waals surface area contributed by atoms with E-state index in [1.54, 1.807) is 26.0 Å². The van der Waals surface area contributed by atoms with Gasteiger partial charge in [0.05, 0.1) is 11.4 Å². The zero-order chi connectivity index (χ0) is 23.1. The van der Waals surface area contributed by atoms with Gasteiger partial charge in [0, 0.05) is 51.1 Å². The van der Waals surface area contributed by atoms with E-state index in [9.17, 15) is 4.79 Å². The molecule has 3 rings (SSSR count). The number of carbonyl (C=O) groups is 1. The second-order valence-electron chi connectivity index (χ2n) is 7.90. The van der Waals surface area contributed by atoms with Gasteiger partial charge in [-0.15, -0.1) is 0 Å². The third-order valence-electron chi connectivity index (χ3n) is 5.38. The van der Waals surface area contributed by atoms with Crippen LogP contribution in [0.5, 0.6) is 0 Å². The molecule has 0 aliphatic heterocycles. The molecular formula is C25H32N6O. The molecule has 2 N–H and O–H groups in total. The molecule has 0 atom stereocenters. The molecular weight excluding hydrogens is 400 g/mol. The van der Waals surface area contributed by atoms with Gasteiger partial charge in [0.15, 0.2) is 5.96 Å². The maximum absolute atomic E-state index is 12.2. The highest BCUT2D eigenvalue weighted by Crippen LogP contribution is 2.17. The van der Waals surface area contributed by atoms with Gasteiger partial charge in [-0.3, -0.25) is 9.79 Å². The number of nitrogens with zero attached hydrogens (tertiary/aromatic N) is 4. The second kappa shape index (κ2) is 10.6. The molecule has 0 saturated carbocycles. The average molecular weight is 433 g/mol. The number of hydrogen-bond acceptors (Lipinski definition) is 3. The smallest absolute Gasteiger partial charge is 0.253 e. The number of amides is 1. The van der Waals surface area contributed by atoms with E-state index >= 15 is 0 Å². The van der Waals surface area contributed by atoms with Crippen molar-refractivity contribution in [2.75, 3.05) is 27.7 Å². The van der Waals surface area contributed by atoms with Gasteiger partial charge >= 0.3 is 0 Å². The first-order valence-electron chi connectivity index (χ1n) is 10.8. The average Bonchev–Trinajstić information content (AvgIpc) is 3.09. The lowest BCUT2D eigenvalue weighted by Gasteiger charge is -2.13. The van der Waals surface area contributed by atoms with Crippen LogP contribution in [0.25, 0.3) is 5.69 Å². The number of guanidine groups is 1. The minimum Gasteiger partial charge on any atom is -0.356 e. The molecule has 0 radical (unpaired) electrons. The predicted molar refractivity (Wildman–Crippen MR) is 129 cm³/mol. The third kappa shape index (κ3) is 5.55. The van der Waals surface area contributed by atoms with E-state index in [1.165, 1.54) is 0 Å². The van der Waals surface area contributed by atoms with Gasteiger partial charge in [-0.05, 0) is 50.1 Å². The molecule has 3 aromatic rings. The Morgan fingerprint density at radius 1 is 1.06 bits per heavy atom. The monoisotopic (exact) mass is 432 g/mol. The molecule has 1 heterocycles. The van der Waals surface area contributed by atoms with Gasteiger partial charge < -0.3 is 15.5 Å². The number of para-hydroxylation sites is 1. The largest absolute Gasteiger partial charge is 0.356 e. The zero-order valence-corrected chi connectivity index (χ0v) is 19.5. The van der Waals surface area contributed by atoms with Crippen molar-refractivity contribution in [3.8, 4) is 5.69 Å². The fourth-order valence-electron chi connectivity index (χ4n) is 3.59. The summed E-state index contributed by atoms with van der Waals surface area (Å²) in [6.07, 6.45) is 0.791. The van der Waals surface area contributed by atoms with Crippen LogP contribution in [-0.2, 0) is 13.0 Å². The van der Waals surface area contributed by atoms with Crippen LogP contribution in [0.4, 0.5) is 0 Å². The van der Waals surface area contributed by atoms with Crippen molar-refractivity contribution < 1.29 is 4.79 Å². The SMILES string of the molecule is CN=C(NCCc1cccc(C(=O)N(C)C)c1)NCc1c(C)nn(-c2ccccc2)c1C. The van der Waals surface area contributed by atoms with E-state index in [-0.39, 0.29) is 5.91 Å². The first-order valence-corrected chi connectivity index (χ1v) is 10.8. The molecule has 32 heavy (non-hydrogen) atoms. The normalized spacial score (nSPS) is 11.3. The molecule has 0 spiro atoms. The first kappa shape index (κ1) is 23.1. The number of carbonyl (C=O) groups excluding carboxylic acids is 1. The van der Waals surface area contributed by atoms with Crippen molar-refractivity contribution in [2.24, 2.45) is 4.99 Å². The Hall–Kier alpha value is -3.61. The summed E-state index contributed by atoms with van der Waals surface area (Å²) in [6.45, 7) is 5.46. The Balaban J connectivity index is 1.57. The summed E-state index contributed by atoms with van der Waals surface area (Å²) in [5, 5.41) is 11.4. The lowest BCUT2D eigenvalue weighted by atomic mass is 10.1. The number of benzene rings is 2. The molecule has 0 aliphatic carbocycles. The van der Waals surface area contributed by atoms with Gasteiger partial charge in [-0.25, -0.2) is 4.68 Å². The molecule has 0 fully saturated rings. The van der Waals surface area contributed by atoms with Crippen LogP contribution in [0.3, 0.4) is 0 Å². The summed E-state index contributed by atoms with van der Waals surface area (Å²) in [5.41, 5.74) is 6.13. The van der Waals surface area contributed by atoms with Gasteiger partial charge in [0.2, 0.25) is 0 Å². The quantitative estimate of drug-likeness (QED) is 0.444. The van der Waals surface area contributed by atoms with Crippen molar-refractivity contribution in [2.45, 2.75) is 26.8 Å². The van der Waals surface area contributed by atoms with E-state index in [0.29, 0.717) is 18.7 Å². The van der Waals surface area contributed by atoms with Crippen LogP contribution in [0.2, 0.25) is 0 Å². The summed E-state index contributed by atoms with van der Waals surface area (Å²) in [5.74, 6) is 0.746. The summed E-state index contributed by atoms with van der Waals surface area (Å²) in [6, 6.07) is 17.9. The van der Waals surface area contributed by atoms with E-state index < -0.39 is 0 Å². The highest BCUT2D eigenvalue weighted by molar-refractivity contribution is 5.94. The maximum Gasteiger partial charge on any atom is 0.253 e. The number of nitrogens with one attached hydrogen (secondary N) is 2. The Bertz CT molecular complexity index is 1090. The highest BCUT2D eigenvalue weighted by atomic mass is 16.2. The fourth-order valence-corrected chi connectivity index (χ4v) is 3.59. The fraction of sp³-hybridized carbons (Fsp3) is 0.320. The highest BCUT2D eigenvalue weighted by Gasteiger charge is 2.13. The standard InChI is InChI=1S/C25H32N6O/c1-18-23(19(2)31(29-18)22-12-7-6-8-13-22)17-28-25(26-3)27-15-14-20-10-9-11-21(16-20)24(32)30(4)5/h6-13,16H,14-15,17H2,1-5H3,(H2,26,27,28). The van der Waals surface area contributed by atoms with Gasteiger partial charge in [-0.2, -0.15) is 5.10 Å². The summed E-state index contributed by atoms with van der Waals surface area (Å²) in [7, 11) is 5.29. The molecule has 7 nitrogen and oxygen atoms in total. The van der Waals surface area contributed by atoms with Crippen molar-refractivity contribution in [3.63, 3.8) is 0 Å². The van der Waals surface area contributed by atoms with Crippen molar-refractivity contribution >= 4 is 11.9 Å². The van der Waals surface area contributed by atoms with Crippen molar-refractivity contribution in [3.05, 3.63) is 82.7 Å². The molecule has 1 aromatic heterocycles. The number of rotatable bonds is 7. The van der Waals surface area contributed by atoms with Crippen molar-refractivity contribution in [1.29, 1.82) is 0 Å². The van der Waals surface area contributed by atoms with Crippen molar-refractivity contribution in [1.82, 2.24) is 25.3 Å². The van der Waals surface area contributed by atoms with E-state index in [1.807, 2.05) is 54.1 Å². The van der Waals surface area contributed by atoms with Gasteiger partial charge in [-0.1, -0.05) is 30.3 Å². The maximum atomic E-state index is 12.2. The van der Waals surface area contributed by atoms with Crippen LogP contribution in [0.15, 0.2) is 59.6 Å². The molecule has 168 valence electrons. The zero-order valence-electron chi connectivity index (χ0n) is 19.5. The van der Waals surface area contributed by atoms with Gasteiger partial charge in [0.1, 0.15) is 0 Å². The minimum atomic E-state index is 0.0130. The molecule has 1 amide bonds. The third-order valence-corrected chi connectivity index (χ3v) is 5.38. The topological polar surface area (TPSA) is 74.6 Å². The molecule has 0 aliphatic rings. The Labute approximate surface area is 190 Å². The van der Waals surface area contributed by atoms with Gasteiger partial charge in [0.25, 0.3) is 5.91 Å². The Kier molecular flexibility index (Phi) is 7.65. The van der Waals surface area contributed by atoms with Crippen LogP contribution < -0.4 is 10.6 Å². The summed E-state index contributed by atoms with van der Waals surface area (Å²) >= 11 is 0. The number of hydrogen-bond donors (Lipinski definition) is 2. The first-order chi connectivity index (χ1) is 15.4. The lowest BCUT2D eigenvalue weighted by Crippen LogP contribution is -2.38. The van der Waals surface area contributed by atoms with E-state index in [0.717, 1.165) is 40.6 Å². The predicted octanol–water partition coefficient (Wildman–Crippen LogP) is 3.10. The Morgan fingerprint density at radius 3 is 2.50 bits per heavy atom. The van der Waals surface area contributed by atoms with Crippen LogP contribution in [0, 0.1) is 13.8 Å². The number of aryl methyl sites for hydroxylation is 1. The van der Waals surface area contributed by atoms with E-state index in [2.05, 4.69) is 34.7 Å². The molecule has 2 aromatic carbocycles. The van der Waals surface area contributed by atoms with Crippen LogP contribution >= 0.6 is 0 Å². The molecule has 0 saturated heterocycles. The van der Waals surface area contributed by atoms with Crippen LogP contribution in [0.1, 0.15) is 32.9 Å². The second-order valence-corrected chi connectivity index (χ2v) is 7.90. The Morgan fingerprint density at radius 2 is 1.81 bits per heavy atom. The summed E-state index contributed by atoms with van der Waals surface area (Å²) in [4.78, 5) is 18.1. The number of aliphatic imine (C=N–C) groups is 1. The van der Waals surface area contributed by atoms with E-state index in [4.69, 9.17) is 5.10 Å². The van der Waals surface area contributed by atoms with Crippen LogP contribution in [-0.4, -0.2) is 54.2 Å². The number of aromatic nitrogens is 2. The summed E-state index contributed by atoms with van der Waals surface area (Å²) < 4.78 is 1.98. The molecule has 7 heteroatoms. The molecule has 0 unspecified atom stereocenters. The minimum absolute atomic E-state index is 0.0130. The molecule has 0 bridgehead atoms.